The number of carbonyl (C=O) groups is 1. The number of carbonyl (C=O) groups excluding carboxylic acids is 1. The highest BCUT2D eigenvalue weighted by Crippen LogP contribution is 2.26. The molecule has 1 aromatic rings. The Hall–Kier alpha value is -1.33. The van der Waals surface area contributed by atoms with Crippen LogP contribution in [0.15, 0.2) is 24.3 Å². The molecule has 2 aliphatic heterocycles. The van der Waals surface area contributed by atoms with Gasteiger partial charge in [-0.2, -0.15) is 0 Å². The molecule has 2 heterocycles. The largest absolute Gasteiger partial charge is 0.493 e. The first-order valence-corrected chi connectivity index (χ1v) is 8.13. The summed E-state index contributed by atoms with van der Waals surface area (Å²) in [5, 5.41) is 6.70. The highest BCUT2D eigenvalue weighted by atomic mass is 35.5. The van der Waals surface area contributed by atoms with Crippen LogP contribution in [-0.4, -0.2) is 30.6 Å². The first-order chi connectivity index (χ1) is 10.7. The Kier molecular flexibility index (Phi) is 6.66. The SMILES string of the molecule is Cl.O=C(CCCOc1cccc(F)c1)NC1CC2CCC(C1)N2. The lowest BCUT2D eigenvalue weighted by atomic mass is 9.99. The molecule has 1 aromatic carbocycles. The van der Waals surface area contributed by atoms with Crippen LogP contribution in [0.5, 0.6) is 5.75 Å². The summed E-state index contributed by atoms with van der Waals surface area (Å²) in [7, 11) is 0. The number of hydrogen-bond acceptors (Lipinski definition) is 3. The zero-order valence-electron chi connectivity index (χ0n) is 13.1. The molecule has 2 aliphatic rings. The smallest absolute Gasteiger partial charge is 0.220 e. The summed E-state index contributed by atoms with van der Waals surface area (Å²) in [6, 6.07) is 7.55. The monoisotopic (exact) mass is 342 g/mol. The minimum atomic E-state index is -0.309. The standard InChI is InChI=1S/C17H23FN2O2.ClH/c18-12-3-1-4-16(9-12)22-8-2-5-17(21)20-15-10-13-6-7-14(11-15)19-13;/h1,3-4,9,13-15,19H,2,5-8,10-11H2,(H,20,21);1H. The van der Waals surface area contributed by atoms with Crippen molar-refractivity contribution in [2.45, 2.75) is 56.7 Å². The van der Waals surface area contributed by atoms with Crippen molar-refractivity contribution in [3.63, 3.8) is 0 Å². The Morgan fingerprint density at radius 3 is 2.74 bits per heavy atom. The van der Waals surface area contributed by atoms with Crippen molar-refractivity contribution < 1.29 is 13.9 Å². The molecule has 0 spiro atoms. The number of piperidine rings is 1. The van der Waals surface area contributed by atoms with E-state index in [0.29, 0.717) is 43.3 Å². The highest BCUT2D eigenvalue weighted by molar-refractivity contribution is 5.85. The van der Waals surface area contributed by atoms with Crippen molar-refractivity contribution in [3.05, 3.63) is 30.1 Å². The van der Waals surface area contributed by atoms with Crippen LogP contribution in [-0.2, 0) is 4.79 Å². The molecule has 2 unspecified atom stereocenters. The van der Waals surface area contributed by atoms with Crippen molar-refractivity contribution in [2.24, 2.45) is 0 Å². The average molecular weight is 343 g/mol. The van der Waals surface area contributed by atoms with Gasteiger partial charge in [0, 0.05) is 30.6 Å². The molecule has 1 amide bonds. The molecule has 2 fully saturated rings. The Bertz CT molecular complexity index is 517. The Balaban J connectivity index is 0.00000192. The lowest BCUT2D eigenvalue weighted by Crippen LogP contribution is -2.48. The average Bonchev–Trinajstić information content (AvgIpc) is 2.83. The van der Waals surface area contributed by atoms with Gasteiger partial charge in [-0.3, -0.25) is 4.79 Å². The molecule has 23 heavy (non-hydrogen) atoms. The van der Waals surface area contributed by atoms with E-state index in [2.05, 4.69) is 10.6 Å². The van der Waals surface area contributed by atoms with Crippen LogP contribution >= 0.6 is 12.4 Å². The second-order valence-corrected chi connectivity index (χ2v) is 6.28. The maximum atomic E-state index is 13.0. The predicted octanol–water partition coefficient (Wildman–Crippen LogP) is 2.81. The lowest BCUT2D eigenvalue weighted by molar-refractivity contribution is -0.122. The normalized spacial score (nSPS) is 25.5. The van der Waals surface area contributed by atoms with Gasteiger partial charge in [0.25, 0.3) is 0 Å². The van der Waals surface area contributed by atoms with E-state index in [4.69, 9.17) is 4.74 Å². The fourth-order valence-corrected chi connectivity index (χ4v) is 3.45. The van der Waals surface area contributed by atoms with Crippen LogP contribution in [0.25, 0.3) is 0 Å². The van der Waals surface area contributed by atoms with E-state index in [0.717, 1.165) is 12.8 Å². The summed E-state index contributed by atoms with van der Waals surface area (Å²) in [5.41, 5.74) is 0. The topological polar surface area (TPSA) is 50.4 Å². The van der Waals surface area contributed by atoms with Crippen molar-refractivity contribution in [1.82, 2.24) is 10.6 Å². The van der Waals surface area contributed by atoms with Crippen LogP contribution in [0.3, 0.4) is 0 Å². The minimum Gasteiger partial charge on any atom is -0.493 e. The van der Waals surface area contributed by atoms with E-state index in [1.165, 1.54) is 25.0 Å². The van der Waals surface area contributed by atoms with E-state index < -0.39 is 0 Å². The molecular weight excluding hydrogens is 319 g/mol. The third-order valence-electron chi connectivity index (χ3n) is 4.45. The van der Waals surface area contributed by atoms with Crippen LogP contribution in [0.4, 0.5) is 4.39 Å². The molecule has 3 rings (SSSR count). The molecule has 2 bridgehead atoms. The van der Waals surface area contributed by atoms with Gasteiger partial charge in [0.15, 0.2) is 0 Å². The summed E-state index contributed by atoms with van der Waals surface area (Å²) in [4.78, 5) is 12.0. The first-order valence-electron chi connectivity index (χ1n) is 8.13. The van der Waals surface area contributed by atoms with Gasteiger partial charge in [-0.1, -0.05) is 6.07 Å². The minimum absolute atomic E-state index is 0. The number of benzene rings is 1. The molecule has 0 radical (unpaired) electrons. The molecule has 128 valence electrons. The summed E-state index contributed by atoms with van der Waals surface area (Å²) >= 11 is 0. The number of hydrogen-bond donors (Lipinski definition) is 2. The number of ether oxygens (including phenoxy) is 1. The molecular formula is C17H24ClFN2O2. The molecule has 2 saturated heterocycles. The Morgan fingerprint density at radius 1 is 1.30 bits per heavy atom. The summed E-state index contributed by atoms with van der Waals surface area (Å²) in [6.07, 6.45) is 5.65. The number of rotatable bonds is 6. The third-order valence-corrected chi connectivity index (χ3v) is 4.45. The molecule has 0 aliphatic carbocycles. The second kappa shape index (κ2) is 8.50. The fraction of sp³-hybridized carbons (Fsp3) is 0.588. The van der Waals surface area contributed by atoms with Gasteiger partial charge >= 0.3 is 0 Å². The summed E-state index contributed by atoms with van der Waals surface area (Å²) in [6.45, 7) is 0.425. The van der Waals surface area contributed by atoms with E-state index in [-0.39, 0.29) is 24.1 Å². The highest BCUT2D eigenvalue weighted by Gasteiger charge is 2.33. The molecule has 6 heteroatoms. The van der Waals surface area contributed by atoms with Gasteiger partial charge < -0.3 is 15.4 Å². The number of nitrogens with one attached hydrogen (secondary N) is 2. The molecule has 0 saturated carbocycles. The van der Waals surface area contributed by atoms with E-state index in [9.17, 15) is 9.18 Å². The van der Waals surface area contributed by atoms with Crippen molar-refractivity contribution >= 4 is 18.3 Å². The molecule has 0 aromatic heterocycles. The quantitative estimate of drug-likeness (QED) is 0.782. The van der Waals surface area contributed by atoms with Gasteiger partial charge in [0.2, 0.25) is 5.91 Å². The van der Waals surface area contributed by atoms with E-state index in [1.807, 2.05) is 0 Å². The molecule has 4 nitrogen and oxygen atoms in total. The number of halogens is 2. The van der Waals surface area contributed by atoms with Gasteiger partial charge in [-0.15, -0.1) is 12.4 Å². The molecule has 2 N–H and O–H groups in total. The summed E-state index contributed by atoms with van der Waals surface area (Å²) in [5.74, 6) is 0.292. The maximum absolute atomic E-state index is 13.0. The second-order valence-electron chi connectivity index (χ2n) is 6.28. The number of amides is 1. The lowest BCUT2D eigenvalue weighted by Gasteiger charge is -2.29. The van der Waals surface area contributed by atoms with E-state index in [1.54, 1.807) is 12.1 Å². The van der Waals surface area contributed by atoms with Crippen molar-refractivity contribution in [3.8, 4) is 5.75 Å². The predicted molar refractivity (Wildman–Crippen MR) is 89.5 cm³/mol. The van der Waals surface area contributed by atoms with Gasteiger partial charge in [0.05, 0.1) is 6.61 Å². The van der Waals surface area contributed by atoms with Gasteiger partial charge in [0.1, 0.15) is 11.6 Å². The van der Waals surface area contributed by atoms with E-state index >= 15 is 0 Å². The van der Waals surface area contributed by atoms with Gasteiger partial charge in [-0.05, 0) is 44.2 Å². The van der Waals surface area contributed by atoms with Gasteiger partial charge in [-0.25, -0.2) is 4.39 Å². The Morgan fingerprint density at radius 2 is 2.04 bits per heavy atom. The van der Waals surface area contributed by atoms with Crippen LogP contribution < -0.4 is 15.4 Å². The van der Waals surface area contributed by atoms with Crippen molar-refractivity contribution in [2.75, 3.05) is 6.61 Å². The first kappa shape index (κ1) is 18.0. The Labute approximate surface area is 142 Å². The van der Waals surface area contributed by atoms with Crippen LogP contribution in [0.1, 0.15) is 38.5 Å². The van der Waals surface area contributed by atoms with Crippen LogP contribution in [0, 0.1) is 5.82 Å². The zero-order valence-corrected chi connectivity index (χ0v) is 13.9. The molecule has 2 atom stereocenters. The maximum Gasteiger partial charge on any atom is 0.220 e. The fourth-order valence-electron chi connectivity index (χ4n) is 3.45. The number of fused-ring (bicyclic) bond motifs is 2. The third kappa shape index (κ3) is 5.36. The van der Waals surface area contributed by atoms with Crippen molar-refractivity contribution in [1.29, 1.82) is 0 Å². The van der Waals surface area contributed by atoms with Crippen LogP contribution in [0.2, 0.25) is 0 Å². The summed E-state index contributed by atoms with van der Waals surface area (Å²) < 4.78 is 18.4. The zero-order chi connectivity index (χ0) is 15.4.